The van der Waals surface area contributed by atoms with Crippen LogP contribution in [0.4, 0.5) is 14.5 Å². The number of halogens is 2. The number of amides is 2. The maximum absolute atomic E-state index is 13.3. The molecule has 0 fully saturated rings. The summed E-state index contributed by atoms with van der Waals surface area (Å²) in [7, 11) is 0. The molecule has 7 heteroatoms. The molecule has 1 aromatic rings. The van der Waals surface area contributed by atoms with Crippen molar-refractivity contribution in [2.75, 3.05) is 25.0 Å². The molecule has 0 aromatic heterocycles. The molecule has 0 saturated carbocycles. The van der Waals surface area contributed by atoms with Gasteiger partial charge in [0.15, 0.2) is 0 Å². The molecule has 0 heterocycles. The zero-order valence-corrected chi connectivity index (χ0v) is 11.1. The first-order valence-corrected chi connectivity index (χ1v) is 6.26. The number of carbonyl (C=O) groups excluding carboxylic acids is 2. The Morgan fingerprint density at radius 2 is 1.80 bits per heavy atom. The number of hydrogen-bond donors (Lipinski definition) is 3. The zero-order chi connectivity index (χ0) is 15.0. The van der Waals surface area contributed by atoms with Gasteiger partial charge in [-0.3, -0.25) is 9.59 Å². The summed E-state index contributed by atoms with van der Waals surface area (Å²) < 4.78 is 26.5. The van der Waals surface area contributed by atoms with E-state index < -0.39 is 23.2 Å². The summed E-state index contributed by atoms with van der Waals surface area (Å²) in [5, 5.41) is 7.47. The standard InChI is InChI=1S/C13H17F2N3O2/c1-2-17-11(19)6-7-16-8-12(20)18-13-9(14)4-3-5-10(13)15/h3-5,16H,2,6-8H2,1H3,(H,17,19)(H,18,20). The summed E-state index contributed by atoms with van der Waals surface area (Å²) in [5.74, 6) is -2.37. The monoisotopic (exact) mass is 285 g/mol. The SMILES string of the molecule is CCNC(=O)CCNCC(=O)Nc1c(F)cccc1F. The van der Waals surface area contributed by atoms with E-state index in [1.807, 2.05) is 6.92 Å². The zero-order valence-electron chi connectivity index (χ0n) is 11.1. The van der Waals surface area contributed by atoms with Gasteiger partial charge in [-0.1, -0.05) is 6.07 Å². The number of anilines is 1. The lowest BCUT2D eigenvalue weighted by Gasteiger charge is -2.08. The number of nitrogens with one attached hydrogen (secondary N) is 3. The number of para-hydroxylation sites is 1. The van der Waals surface area contributed by atoms with Gasteiger partial charge in [0.05, 0.1) is 6.54 Å². The average Bonchev–Trinajstić information content (AvgIpc) is 2.39. The molecular formula is C13H17F2N3O2. The van der Waals surface area contributed by atoms with Crippen LogP contribution >= 0.6 is 0 Å². The second kappa shape index (κ2) is 8.21. The highest BCUT2D eigenvalue weighted by Gasteiger charge is 2.11. The molecule has 0 aliphatic heterocycles. The molecule has 1 rings (SSSR count). The van der Waals surface area contributed by atoms with Gasteiger partial charge in [0, 0.05) is 19.5 Å². The summed E-state index contributed by atoms with van der Waals surface area (Å²) in [5.41, 5.74) is -0.469. The second-order valence-corrected chi connectivity index (χ2v) is 4.03. The third-order valence-corrected chi connectivity index (χ3v) is 2.42. The first kappa shape index (κ1) is 16.0. The van der Waals surface area contributed by atoms with Crippen molar-refractivity contribution in [2.45, 2.75) is 13.3 Å². The predicted molar refractivity (Wildman–Crippen MR) is 71.2 cm³/mol. The van der Waals surface area contributed by atoms with Crippen LogP contribution in [0.25, 0.3) is 0 Å². The molecule has 0 saturated heterocycles. The van der Waals surface area contributed by atoms with Crippen LogP contribution in [-0.2, 0) is 9.59 Å². The van der Waals surface area contributed by atoms with Crippen molar-refractivity contribution in [3.63, 3.8) is 0 Å². The second-order valence-electron chi connectivity index (χ2n) is 4.03. The molecular weight excluding hydrogens is 268 g/mol. The number of rotatable bonds is 7. The van der Waals surface area contributed by atoms with Crippen LogP contribution in [-0.4, -0.2) is 31.4 Å². The summed E-state index contributed by atoms with van der Waals surface area (Å²) in [4.78, 5) is 22.6. The molecule has 2 amide bonds. The molecule has 0 atom stereocenters. The van der Waals surface area contributed by atoms with E-state index >= 15 is 0 Å². The minimum absolute atomic E-state index is 0.124. The van der Waals surface area contributed by atoms with E-state index in [2.05, 4.69) is 16.0 Å². The Labute approximate surface area is 115 Å². The van der Waals surface area contributed by atoms with Gasteiger partial charge in [-0.25, -0.2) is 8.78 Å². The van der Waals surface area contributed by atoms with E-state index in [0.29, 0.717) is 13.1 Å². The highest BCUT2D eigenvalue weighted by molar-refractivity contribution is 5.92. The average molecular weight is 285 g/mol. The summed E-state index contributed by atoms with van der Waals surface area (Å²) >= 11 is 0. The van der Waals surface area contributed by atoms with Crippen molar-refractivity contribution in [3.8, 4) is 0 Å². The van der Waals surface area contributed by atoms with Crippen molar-refractivity contribution in [1.29, 1.82) is 0 Å². The van der Waals surface area contributed by atoms with Crippen LogP contribution in [0.5, 0.6) is 0 Å². The number of benzene rings is 1. The maximum atomic E-state index is 13.3. The Morgan fingerprint density at radius 3 is 2.40 bits per heavy atom. The molecule has 0 aliphatic rings. The normalized spacial score (nSPS) is 10.2. The highest BCUT2D eigenvalue weighted by Crippen LogP contribution is 2.17. The fraction of sp³-hybridized carbons (Fsp3) is 0.385. The van der Waals surface area contributed by atoms with Crippen molar-refractivity contribution < 1.29 is 18.4 Å². The topological polar surface area (TPSA) is 70.2 Å². The van der Waals surface area contributed by atoms with Gasteiger partial charge in [-0.05, 0) is 19.1 Å². The Bertz CT molecular complexity index is 460. The quantitative estimate of drug-likeness (QED) is 0.655. The molecule has 0 radical (unpaired) electrons. The maximum Gasteiger partial charge on any atom is 0.238 e. The van der Waals surface area contributed by atoms with Crippen LogP contribution in [0, 0.1) is 11.6 Å². The van der Waals surface area contributed by atoms with Gasteiger partial charge >= 0.3 is 0 Å². The van der Waals surface area contributed by atoms with Crippen LogP contribution in [0.2, 0.25) is 0 Å². The number of carbonyl (C=O) groups is 2. The largest absolute Gasteiger partial charge is 0.356 e. The van der Waals surface area contributed by atoms with Crippen LogP contribution in [0.3, 0.4) is 0 Å². The molecule has 110 valence electrons. The fourth-order valence-electron chi connectivity index (χ4n) is 1.49. The van der Waals surface area contributed by atoms with Gasteiger partial charge in [0.1, 0.15) is 17.3 Å². The van der Waals surface area contributed by atoms with Crippen molar-refractivity contribution >= 4 is 17.5 Å². The van der Waals surface area contributed by atoms with E-state index in [-0.39, 0.29) is 18.9 Å². The number of hydrogen-bond acceptors (Lipinski definition) is 3. The first-order valence-electron chi connectivity index (χ1n) is 6.26. The molecule has 1 aromatic carbocycles. The lowest BCUT2D eigenvalue weighted by molar-refractivity contribution is -0.121. The molecule has 0 bridgehead atoms. The van der Waals surface area contributed by atoms with E-state index in [1.54, 1.807) is 0 Å². The van der Waals surface area contributed by atoms with Crippen LogP contribution in [0.15, 0.2) is 18.2 Å². The van der Waals surface area contributed by atoms with Gasteiger partial charge in [0.2, 0.25) is 11.8 Å². The summed E-state index contributed by atoms with van der Waals surface area (Å²) in [6, 6.07) is 3.33. The van der Waals surface area contributed by atoms with Crippen LogP contribution in [0.1, 0.15) is 13.3 Å². The summed E-state index contributed by atoms with van der Waals surface area (Å²) in [6.45, 7) is 2.53. The smallest absolute Gasteiger partial charge is 0.238 e. The van der Waals surface area contributed by atoms with Crippen LogP contribution < -0.4 is 16.0 Å². The van der Waals surface area contributed by atoms with Gasteiger partial charge < -0.3 is 16.0 Å². The predicted octanol–water partition coefficient (Wildman–Crippen LogP) is 1.02. The van der Waals surface area contributed by atoms with Gasteiger partial charge in [-0.2, -0.15) is 0 Å². The Hall–Kier alpha value is -2.02. The third-order valence-electron chi connectivity index (χ3n) is 2.42. The third kappa shape index (κ3) is 5.31. The molecule has 3 N–H and O–H groups in total. The minimum atomic E-state index is -0.833. The Balaban J connectivity index is 2.32. The first-order chi connectivity index (χ1) is 9.54. The molecule has 0 spiro atoms. The molecule has 20 heavy (non-hydrogen) atoms. The van der Waals surface area contributed by atoms with E-state index in [4.69, 9.17) is 0 Å². The van der Waals surface area contributed by atoms with Gasteiger partial charge in [-0.15, -0.1) is 0 Å². The fourth-order valence-corrected chi connectivity index (χ4v) is 1.49. The minimum Gasteiger partial charge on any atom is -0.356 e. The van der Waals surface area contributed by atoms with Crippen molar-refractivity contribution in [1.82, 2.24) is 10.6 Å². The highest BCUT2D eigenvalue weighted by atomic mass is 19.1. The Kier molecular flexibility index (Phi) is 6.58. The van der Waals surface area contributed by atoms with Crippen molar-refractivity contribution in [2.24, 2.45) is 0 Å². The lowest BCUT2D eigenvalue weighted by atomic mass is 10.3. The summed E-state index contributed by atoms with van der Waals surface area (Å²) in [6.07, 6.45) is 0.231. The molecule has 0 aliphatic carbocycles. The van der Waals surface area contributed by atoms with E-state index in [9.17, 15) is 18.4 Å². The molecule has 0 unspecified atom stereocenters. The van der Waals surface area contributed by atoms with E-state index in [1.165, 1.54) is 6.07 Å². The van der Waals surface area contributed by atoms with Crippen molar-refractivity contribution in [3.05, 3.63) is 29.8 Å². The Morgan fingerprint density at radius 1 is 1.15 bits per heavy atom. The lowest BCUT2D eigenvalue weighted by Crippen LogP contribution is -2.32. The van der Waals surface area contributed by atoms with E-state index in [0.717, 1.165) is 12.1 Å². The van der Waals surface area contributed by atoms with Gasteiger partial charge in [0.25, 0.3) is 0 Å². The molecule has 5 nitrogen and oxygen atoms in total.